The highest BCUT2D eigenvalue weighted by atomic mass is 35.5. The Morgan fingerprint density at radius 1 is 1.31 bits per heavy atom. The van der Waals surface area contributed by atoms with Crippen LogP contribution in [-0.2, 0) is 14.9 Å². The fourth-order valence-corrected chi connectivity index (χ4v) is 3.76. The summed E-state index contributed by atoms with van der Waals surface area (Å²) in [6.07, 6.45) is 1.33. The van der Waals surface area contributed by atoms with Gasteiger partial charge in [-0.3, -0.25) is 4.79 Å². The van der Waals surface area contributed by atoms with Crippen molar-refractivity contribution in [2.75, 3.05) is 32.1 Å². The zero-order valence-corrected chi connectivity index (χ0v) is 18.0. The smallest absolute Gasteiger partial charge is 0.237 e. The first-order chi connectivity index (χ1) is 13.9. The quantitative estimate of drug-likeness (QED) is 0.640. The van der Waals surface area contributed by atoms with Crippen LogP contribution in [0, 0.1) is 0 Å². The van der Waals surface area contributed by atoms with Crippen LogP contribution in [0.4, 0.5) is 5.69 Å². The third-order valence-electron chi connectivity index (χ3n) is 5.20. The van der Waals surface area contributed by atoms with Crippen molar-refractivity contribution in [2.45, 2.75) is 38.2 Å². The maximum atomic E-state index is 13.4. The van der Waals surface area contributed by atoms with Crippen LogP contribution < -0.4 is 15.4 Å². The van der Waals surface area contributed by atoms with E-state index < -0.39 is 5.41 Å². The van der Waals surface area contributed by atoms with Crippen molar-refractivity contribution in [2.24, 2.45) is 0 Å². The Morgan fingerprint density at radius 2 is 2.03 bits per heavy atom. The molecule has 0 spiro atoms. The summed E-state index contributed by atoms with van der Waals surface area (Å²) in [6, 6.07) is 9.76. The summed E-state index contributed by atoms with van der Waals surface area (Å²) >= 11 is 6.05. The number of halogens is 1. The van der Waals surface area contributed by atoms with Gasteiger partial charge in [0, 0.05) is 26.3 Å². The van der Waals surface area contributed by atoms with Gasteiger partial charge in [0.15, 0.2) is 0 Å². The third-order valence-corrected chi connectivity index (χ3v) is 5.40. The van der Waals surface area contributed by atoms with Crippen LogP contribution in [0.1, 0.15) is 37.8 Å². The van der Waals surface area contributed by atoms with Gasteiger partial charge in [0.25, 0.3) is 0 Å². The molecule has 0 aliphatic carbocycles. The first-order valence-electron chi connectivity index (χ1n) is 9.80. The van der Waals surface area contributed by atoms with Gasteiger partial charge in [-0.15, -0.1) is 0 Å². The predicted octanol–water partition coefficient (Wildman–Crippen LogP) is 3.75. The summed E-state index contributed by atoms with van der Waals surface area (Å²) in [6.45, 7) is 7.76. The van der Waals surface area contributed by atoms with E-state index in [1.54, 1.807) is 13.2 Å². The van der Waals surface area contributed by atoms with Gasteiger partial charge in [-0.1, -0.05) is 49.7 Å². The van der Waals surface area contributed by atoms with Gasteiger partial charge in [-0.2, -0.15) is 0 Å². The molecular formula is C22H28ClN3O3. The Hall–Kier alpha value is -2.15. The molecule has 0 bridgehead atoms. The van der Waals surface area contributed by atoms with Crippen LogP contribution >= 0.6 is 11.6 Å². The van der Waals surface area contributed by atoms with Crippen molar-refractivity contribution in [3.8, 4) is 5.75 Å². The Balaban J connectivity index is 1.90. The van der Waals surface area contributed by atoms with Crippen molar-refractivity contribution in [1.82, 2.24) is 10.3 Å². The summed E-state index contributed by atoms with van der Waals surface area (Å²) in [4.78, 5) is 17.6. The largest absolute Gasteiger partial charge is 0.486 e. The van der Waals surface area contributed by atoms with E-state index in [4.69, 9.17) is 21.1 Å². The zero-order valence-electron chi connectivity index (χ0n) is 17.3. The van der Waals surface area contributed by atoms with Gasteiger partial charge >= 0.3 is 0 Å². The summed E-state index contributed by atoms with van der Waals surface area (Å²) in [5.74, 6) is 0.711. The van der Waals surface area contributed by atoms with Crippen LogP contribution in [0.25, 0.3) is 0 Å². The van der Waals surface area contributed by atoms with E-state index in [9.17, 15) is 4.79 Å². The van der Waals surface area contributed by atoms with Crippen LogP contribution in [0.2, 0.25) is 5.15 Å². The van der Waals surface area contributed by atoms with Crippen LogP contribution in [-0.4, -0.2) is 43.8 Å². The van der Waals surface area contributed by atoms with Crippen molar-refractivity contribution in [3.63, 3.8) is 0 Å². The molecule has 0 unspecified atom stereocenters. The number of ether oxygens (including phenoxy) is 2. The minimum absolute atomic E-state index is 0.0854. The van der Waals surface area contributed by atoms with Crippen LogP contribution in [0.5, 0.6) is 5.75 Å². The lowest BCUT2D eigenvalue weighted by atomic mass is 9.71. The molecule has 6 nitrogen and oxygen atoms in total. The summed E-state index contributed by atoms with van der Waals surface area (Å²) in [5.41, 5.74) is 2.11. The van der Waals surface area contributed by atoms with Crippen LogP contribution in [0.15, 0.2) is 36.5 Å². The first-order valence-corrected chi connectivity index (χ1v) is 10.2. The molecule has 156 valence electrons. The second-order valence-corrected chi connectivity index (χ2v) is 8.16. The molecule has 2 heterocycles. The molecule has 1 amide bonds. The molecule has 0 saturated carbocycles. The molecule has 1 saturated heterocycles. The number of aromatic nitrogens is 1. The molecule has 2 aromatic rings. The number of nitrogens with one attached hydrogen (secondary N) is 2. The fraction of sp³-hybridized carbons (Fsp3) is 0.455. The summed E-state index contributed by atoms with van der Waals surface area (Å²) in [7, 11) is 1.61. The molecule has 1 atom stereocenters. The highest BCUT2D eigenvalue weighted by Gasteiger charge is 2.47. The number of rotatable bonds is 8. The number of anilines is 1. The molecule has 0 radical (unpaired) electrons. The van der Waals surface area contributed by atoms with Gasteiger partial charge in [0.2, 0.25) is 5.91 Å². The normalized spacial score (nSPS) is 16.2. The minimum atomic E-state index is -0.629. The molecule has 7 heteroatoms. The number of methoxy groups -OCH3 is 1. The Morgan fingerprint density at radius 3 is 2.66 bits per heavy atom. The number of pyridine rings is 1. The molecule has 1 aliphatic rings. The number of benzene rings is 1. The molecule has 3 rings (SSSR count). The Labute approximate surface area is 177 Å². The molecule has 1 aromatic carbocycles. The summed E-state index contributed by atoms with van der Waals surface area (Å²) in [5, 5.41) is 6.59. The Kier molecular flexibility index (Phi) is 6.77. The maximum absolute atomic E-state index is 13.4. The number of carbonyl (C=O) groups is 1. The Bertz CT molecular complexity index is 868. The molecule has 2 N–H and O–H groups in total. The third kappa shape index (κ3) is 4.55. The molecule has 29 heavy (non-hydrogen) atoms. The topological polar surface area (TPSA) is 72.5 Å². The van der Waals surface area contributed by atoms with E-state index in [1.165, 1.54) is 11.8 Å². The number of carbonyl (C=O) groups excluding carboxylic acids is 1. The lowest BCUT2D eigenvalue weighted by molar-refractivity contribution is -0.123. The first kappa shape index (κ1) is 21.6. The minimum Gasteiger partial charge on any atom is -0.486 e. The van der Waals surface area contributed by atoms with E-state index in [1.807, 2.05) is 25.1 Å². The SMILES string of the molecule is COC[C@H](C)Oc1cc(Cl)ncc1NC(=O)C1(c2ccccc2C(C)C)CNC1. The number of hydrogen-bond donors (Lipinski definition) is 2. The fourth-order valence-electron chi connectivity index (χ4n) is 3.62. The highest BCUT2D eigenvalue weighted by molar-refractivity contribution is 6.29. The van der Waals surface area contributed by atoms with E-state index in [-0.39, 0.29) is 12.0 Å². The van der Waals surface area contributed by atoms with Crippen molar-refractivity contribution >= 4 is 23.2 Å². The van der Waals surface area contributed by atoms with Crippen molar-refractivity contribution in [1.29, 1.82) is 0 Å². The number of amides is 1. The van der Waals surface area contributed by atoms with Gasteiger partial charge < -0.3 is 20.1 Å². The van der Waals surface area contributed by atoms with Gasteiger partial charge in [-0.25, -0.2) is 4.98 Å². The van der Waals surface area contributed by atoms with E-state index >= 15 is 0 Å². The second-order valence-electron chi connectivity index (χ2n) is 7.77. The van der Waals surface area contributed by atoms with Gasteiger partial charge in [0.1, 0.15) is 22.7 Å². The zero-order chi connectivity index (χ0) is 21.0. The highest BCUT2D eigenvalue weighted by Crippen LogP contribution is 2.37. The summed E-state index contributed by atoms with van der Waals surface area (Å²) < 4.78 is 11.1. The lowest BCUT2D eigenvalue weighted by Gasteiger charge is -2.43. The van der Waals surface area contributed by atoms with E-state index in [2.05, 4.69) is 35.5 Å². The second kappa shape index (κ2) is 9.11. The van der Waals surface area contributed by atoms with E-state index in [0.717, 1.165) is 5.56 Å². The average Bonchev–Trinajstić information content (AvgIpc) is 2.63. The monoisotopic (exact) mass is 417 g/mol. The molecule has 1 fully saturated rings. The van der Waals surface area contributed by atoms with Crippen molar-refractivity contribution in [3.05, 3.63) is 52.8 Å². The lowest BCUT2D eigenvalue weighted by Crippen LogP contribution is -2.63. The van der Waals surface area contributed by atoms with Gasteiger partial charge in [-0.05, 0) is 24.0 Å². The molecule has 1 aromatic heterocycles. The molecule has 1 aliphatic heterocycles. The number of hydrogen-bond acceptors (Lipinski definition) is 5. The van der Waals surface area contributed by atoms with E-state index in [0.29, 0.717) is 42.2 Å². The average molecular weight is 418 g/mol. The standard InChI is InChI=1S/C22H28ClN3O3/c1-14(2)16-7-5-6-8-17(16)22(12-24-13-22)21(27)26-18-10-25-20(23)9-19(18)29-15(3)11-28-4/h5-10,14-15,24H,11-13H2,1-4H3,(H,26,27)/t15-/m0/s1. The van der Waals surface area contributed by atoms with Gasteiger partial charge in [0.05, 0.1) is 18.2 Å². The maximum Gasteiger partial charge on any atom is 0.237 e. The molecular weight excluding hydrogens is 390 g/mol. The van der Waals surface area contributed by atoms with Crippen LogP contribution in [0.3, 0.4) is 0 Å². The predicted molar refractivity (Wildman–Crippen MR) is 115 cm³/mol. The number of nitrogens with zero attached hydrogens (tertiary/aromatic N) is 1. The van der Waals surface area contributed by atoms with Crippen molar-refractivity contribution < 1.29 is 14.3 Å².